The molecule has 1 aromatic rings. The molecule has 0 amide bonds. The average Bonchev–Trinajstić information content (AvgIpc) is 2.33. The third-order valence-electron chi connectivity index (χ3n) is 3.38. The lowest BCUT2D eigenvalue weighted by molar-refractivity contribution is 0.144. The number of likely N-dealkylation sites (tertiary alicyclic amines) is 1. The minimum Gasteiger partial charge on any atom is -0.329 e. The maximum Gasteiger partial charge on any atom is 0.0372 e. The molecule has 0 aliphatic carbocycles. The van der Waals surface area contributed by atoms with Gasteiger partial charge < -0.3 is 5.73 Å². The molecular formula is C13H22ClN3. The van der Waals surface area contributed by atoms with Crippen LogP contribution in [0.15, 0.2) is 18.3 Å². The zero-order chi connectivity index (χ0) is 11.4. The first-order chi connectivity index (χ1) is 7.79. The molecule has 2 rings (SSSR count). The van der Waals surface area contributed by atoms with Gasteiger partial charge in [0.2, 0.25) is 0 Å². The molecule has 3 nitrogen and oxygen atoms in total. The number of halogens is 1. The summed E-state index contributed by atoms with van der Waals surface area (Å²) in [6, 6.07) is 4.82. The molecule has 1 saturated heterocycles. The molecule has 17 heavy (non-hydrogen) atoms. The normalized spacial score (nSPS) is 20.9. The number of hydrogen-bond acceptors (Lipinski definition) is 3. The van der Waals surface area contributed by atoms with Crippen LogP contribution < -0.4 is 5.73 Å². The molecule has 4 heteroatoms. The molecule has 1 aliphatic heterocycles. The molecule has 1 fully saturated rings. The second kappa shape index (κ2) is 6.94. The number of pyridine rings is 1. The van der Waals surface area contributed by atoms with Gasteiger partial charge in [-0.1, -0.05) is 12.5 Å². The van der Waals surface area contributed by atoms with Gasteiger partial charge in [0.1, 0.15) is 0 Å². The van der Waals surface area contributed by atoms with E-state index >= 15 is 0 Å². The SMILES string of the molecule is Cc1ccc(CN2CCCCC2CN)cn1.Cl. The topological polar surface area (TPSA) is 42.1 Å². The van der Waals surface area contributed by atoms with Crippen molar-refractivity contribution in [3.8, 4) is 0 Å². The van der Waals surface area contributed by atoms with Crippen LogP contribution in [0.25, 0.3) is 0 Å². The number of rotatable bonds is 3. The van der Waals surface area contributed by atoms with Crippen molar-refractivity contribution in [1.82, 2.24) is 9.88 Å². The van der Waals surface area contributed by atoms with E-state index in [0.29, 0.717) is 6.04 Å². The molecule has 2 N–H and O–H groups in total. The highest BCUT2D eigenvalue weighted by molar-refractivity contribution is 5.85. The molecule has 0 aromatic carbocycles. The van der Waals surface area contributed by atoms with Gasteiger partial charge in [0.15, 0.2) is 0 Å². The lowest BCUT2D eigenvalue weighted by Crippen LogP contribution is -2.43. The number of aryl methyl sites for hydroxylation is 1. The Kier molecular flexibility index (Phi) is 5.89. The highest BCUT2D eigenvalue weighted by Crippen LogP contribution is 2.18. The maximum atomic E-state index is 5.81. The Morgan fingerprint density at radius 2 is 2.24 bits per heavy atom. The summed E-state index contributed by atoms with van der Waals surface area (Å²) < 4.78 is 0. The molecule has 1 aromatic heterocycles. The van der Waals surface area contributed by atoms with Crippen molar-refractivity contribution in [3.63, 3.8) is 0 Å². The van der Waals surface area contributed by atoms with Gasteiger partial charge in [0.25, 0.3) is 0 Å². The first kappa shape index (κ1) is 14.4. The average molecular weight is 256 g/mol. The van der Waals surface area contributed by atoms with Gasteiger partial charge in [0, 0.05) is 31.0 Å². The van der Waals surface area contributed by atoms with Crippen LogP contribution in [0.3, 0.4) is 0 Å². The maximum absolute atomic E-state index is 5.81. The van der Waals surface area contributed by atoms with Gasteiger partial charge in [-0.15, -0.1) is 12.4 Å². The summed E-state index contributed by atoms with van der Waals surface area (Å²) in [5.41, 5.74) is 8.19. The molecule has 1 aliphatic rings. The van der Waals surface area contributed by atoms with Crippen LogP contribution in [0.2, 0.25) is 0 Å². The molecule has 0 radical (unpaired) electrons. The lowest BCUT2D eigenvalue weighted by atomic mass is 10.0. The summed E-state index contributed by atoms with van der Waals surface area (Å²) in [4.78, 5) is 6.83. The second-order valence-electron chi connectivity index (χ2n) is 4.66. The van der Waals surface area contributed by atoms with E-state index in [1.807, 2.05) is 13.1 Å². The fourth-order valence-corrected chi connectivity index (χ4v) is 2.36. The summed E-state index contributed by atoms with van der Waals surface area (Å²) in [5, 5.41) is 0. The van der Waals surface area contributed by atoms with Gasteiger partial charge in [-0.25, -0.2) is 0 Å². The smallest absolute Gasteiger partial charge is 0.0372 e. The highest BCUT2D eigenvalue weighted by atomic mass is 35.5. The van der Waals surface area contributed by atoms with Crippen molar-refractivity contribution in [3.05, 3.63) is 29.6 Å². The Balaban J connectivity index is 0.00000144. The van der Waals surface area contributed by atoms with Crippen LogP contribution in [0.1, 0.15) is 30.5 Å². The standard InChI is InChI=1S/C13H21N3.ClH/c1-11-5-6-12(9-15-11)10-16-7-3-2-4-13(16)8-14;/h5-6,9,13H,2-4,7-8,10,14H2,1H3;1H. The van der Waals surface area contributed by atoms with E-state index in [0.717, 1.165) is 18.8 Å². The second-order valence-corrected chi connectivity index (χ2v) is 4.66. The Bertz CT molecular complexity index is 326. The first-order valence-electron chi connectivity index (χ1n) is 6.15. The van der Waals surface area contributed by atoms with Gasteiger partial charge in [0.05, 0.1) is 0 Å². The summed E-state index contributed by atoms with van der Waals surface area (Å²) in [7, 11) is 0. The number of aromatic nitrogens is 1. The van der Waals surface area contributed by atoms with Crippen LogP contribution in [0, 0.1) is 6.92 Å². The van der Waals surface area contributed by atoms with E-state index in [4.69, 9.17) is 5.73 Å². The Hall–Kier alpha value is -0.640. The predicted molar refractivity (Wildman–Crippen MR) is 73.3 cm³/mol. The molecule has 0 saturated carbocycles. The molecule has 0 spiro atoms. The third kappa shape index (κ3) is 3.95. The van der Waals surface area contributed by atoms with Crippen molar-refractivity contribution >= 4 is 12.4 Å². The fourth-order valence-electron chi connectivity index (χ4n) is 2.36. The number of piperidine rings is 1. The first-order valence-corrected chi connectivity index (χ1v) is 6.15. The predicted octanol–water partition coefficient (Wildman–Crippen LogP) is 2.13. The van der Waals surface area contributed by atoms with E-state index in [1.165, 1.54) is 31.4 Å². The summed E-state index contributed by atoms with van der Waals surface area (Å²) in [5.74, 6) is 0. The number of nitrogens with zero attached hydrogens (tertiary/aromatic N) is 2. The molecule has 2 heterocycles. The molecular weight excluding hydrogens is 234 g/mol. The van der Waals surface area contributed by atoms with Crippen LogP contribution >= 0.6 is 12.4 Å². The van der Waals surface area contributed by atoms with Crippen molar-refractivity contribution in [2.24, 2.45) is 5.73 Å². The van der Waals surface area contributed by atoms with Crippen molar-refractivity contribution in [2.75, 3.05) is 13.1 Å². The fraction of sp³-hybridized carbons (Fsp3) is 0.615. The lowest BCUT2D eigenvalue weighted by Gasteiger charge is -2.34. The Morgan fingerprint density at radius 1 is 1.41 bits per heavy atom. The van der Waals surface area contributed by atoms with Crippen LogP contribution in [-0.2, 0) is 6.54 Å². The van der Waals surface area contributed by atoms with E-state index in [2.05, 4.69) is 22.0 Å². The number of hydrogen-bond donors (Lipinski definition) is 1. The quantitative estimate of drug-likeness (QED) is 0.900. The van der Waals surface area contributed by atoms with Crippen molar-refractivity contribution in [1.29, 1.82) is 0 Å². The van der Waals surface area contributed by atoms with E-state index in [-0.39, 0.29) is 12.4 Å². The monoisotopic (exact) mass is 255 g/mol. The minimum atomic E-state index is 0. The summed E-state index contributed by atoms with van der Waals surface area (Å²) in [6.07, 6.45) is 5.85. The van der Waals surface area contributed by atoms with Crippen molar-refractivity contribution < 1.29 is 0 Å². The van der Waals surface area contributed by atoms with Crippen LogP contribution in [-0.4, -0.2) is 29.0 Å². The van der Waals surface area contributed by atoms with Gasteiger partial charge in [-0.05, 0) is 37.9 Å². The Morgan fingerprint density at radius 3 is 2.88 bits per heavy atom. The zero-order valence-corrected chi connectivity index (χ0v) is 11.2. The minimum absolute atomic E-state index is 0. The summed E-state index contributed by atoms with van der Waals surface area (Å²) in [6.45, 7) is 4.97. The largest absolute Gasteiger partial charge is 0.329 e. The summed E-state index contributed by atoms with van der Waals surface area (Å²) >= 11 is 0. The highest BCUT2D eigenvalue weighted by Gasteiger charge is 2.20. The molecule has 0 bridgehead atoms. The van der Waals surface area contributed by atoms with Crippen molar-refractivity contribution in [2.45, 2.75) is 38.8 Å². The third-order valence-corrected chi connectivity index (χ3v) is 3.38. The molecule has 1 atom stereocenters. The van der Waals surface area contributed by atoms with Gasteiger partial charge >= 0.3 is 0 Å². The molecule has 96 valence electrons. The van der Waals surface area contributed by atoms with Crippen LogP contribution in [0.4, 0.5) is 0 Å². The Labute approximate surface area is 110 Å². The number of nitrogens with two attached hydrogens (primary N) is 1. The zero-order valence-electron chi connectivity index (χ0n) is 10.4. The van der Waals surface area contributed by atoms with Gasteiger partial charge in [-0.2, -0.15) is 0 Å². The van der Waals surface area contributed by atoms with Gasteiger partial charge in [-0.3, -0.25) is 9.88 Å². The van der Waals surface area contributed by atoms with Crippen LogP contribution in [0.5, 0.6) is 0 Å². The molecule has 1 unspecified atom stereocenters. The van der Waals surface area contributed by atoms with E-state index in [9.17, 15) is 0 Å². The van der Waals surface area contributed by atoms with E-state index in [1.54, 1.807) is 0 Å². The van der Waals surface area contributed by atoms with E-state index < -0.39 is 0 Å².